The summed E-state index contributed by atoms with van der Waals surface area (Å²) in [6.07, 6.45) is 0. The van der Waals surface area contributed by atoms with Crippen molar-refractivity contribution in [1.29, 1.82) is 0 Å². The van der Waals surface area contributed by atoms with Crippen LogP contribution in [0.25, 0.3) is 76.9 Å². The molecule has 9 aromatic carbocycles. The lowest BCUT2D eigenvalue weighted by atomic mass is 9.82. The summed E-state index contributed by atoms with van der Waals surface area (Å²) in [6, 6.07) is 68.5. The maximum atomic E-state index is 6.54. The summed E-state index contributed by atoms with van der Waals surface area (Å²) < 4.78 is 6.54. The summed E-state index contributed by atoms with van der Waals surface area (Å²) in [7, 11) is 0. The summed E-state index contributed by atoms with van der Waals surface area (Å²) in [5.41, 5.74) is 15.1. The number of fused-ring (bicyclic) bond motifs is 9. The molecule has 0 atom stereocenters. The van der Waals surface area contributed by atoms with Gasteiger partial charge < -0.3 is 9.32 Å². The van der Waals surface area contributed by atoms with Crippen LogP contribution in [0.1, 0.15) is 25.0 Å². The summed E-state index contributed by atoms with van der Waals surface area (Å²) in [4.78, 5) is 2.48. The minimum Gasteiger partial charge on any atom is -0.455 e. The van der Waals surface area contributed by atoms with Gasteiger partial charge in [0.1, 0.15) is 11.2 Å². The van der Waals surface area contributed by atoms with Crippen LogP contribution < -0.4 is 4.90 Å². The van der Waals surface area contributed by atoms with Gasteiger partial charge in [-0.05, 0) is 92.0 Å². The molecule has 1 aliphatic carbocycles. The highest BCUT2D eigenvalue weighted by Gasteiger charge is 2.38. The quantitative estimate of drug-likeness (QED) is 0.177. The Balaban J connectivity index is 1.13. The van der Waals surface area contributed by atoms with Crippen LogP contribution in [0.15, 0.2) is 192 Å². The van der Waals surface area contributed by atoms with Gasteiger partial charge in [0.2, 0.25) is 0 Å². The number of hydrogen-bond acceptors (Lipinski definition) is 2. The smallest absolute Gasteiger partial charge is 0.143 e. The molecule has 0 amide bonds. The van der Waals surface area contributed by atoms with E-state index in [-0.39, 0.29) is 5.41 Å². The highest BCUT2D eigenvalue weighted by atomic mass is 16.3. The fourth-order valence-electron chi connectivity index (χ4n) is 9.18. The predicted octanol–water partition coefficient (Wildman–Crippen LogP) is 15.0. The van der Waals surface area contributed by atoms with E-state index < -0.39 is 0 Å². The molecule has 0 aliphatic heterocycles. The number of para-hydroxylation sites is 1. The topological polar surface area (TPSA) is 16.4 Å². The van der Waals surface area contributed by atoms with E-state index in [1.54, 1.807) is 0 Å². The first kappa shape index (κ1) is 31.6. The number of benzene rings is 9. The van der Waals surface area contributed by atoms with E-state index in [2.05, 4.69) is 207 Å². The van der Waals surface area contributed by atoms with Crippen LogP contribution in [0.4, 0.5) is 17.1 Å². The van der Waals surface area contributed by atoms with Gasteiger partial charge in [-0.3, -0.25) is 0 Å². The van der Waals surface area contributed by atoms with E-state index in [0.29, 0.717) is 0 Å². The average molecular weight is 704 g/mol. The summed E-state index contributed by atoms with van der Waals surface area (Å²) in [6.45, 7) is 4.71. The lowest BCUT2D eigenvalue weighted by molar-refractivity contribution is 0.660. The van der Waals surface area contributed by atoms with Gasteiger partial charge in [0.15, 0.2) is 0 Å². The second kappa shape index (κ2) is 12.1. The predicted molar refractivity (Wildman–Crippen MR) is 232 cm³/mol. The lowest BCUT2D eigenvalue weighted by Crippen LogP contribution is -2.16. The molecule has 0 bridgehead atoms. The van der Waals surface area contributed by atoms with Crippen molar-refractivity contribution in [2.24, 2.45) is 0 Å². The first-order valence-electron chi connectivity index (χ1n) is 19.1. The number of hydrogen-bond donors (Lipinski definition) is 0. The van der Waals surface area contributed by atoms with Crippen molar-refractivity contribution in [2.75, 3.05) is 4.90 Å². The number of nitrogens with zero attached hydrogens (tertiary/aromatic N) is 1. The molecular formula is C53H37NO. The number of rotatable bonds is 5. The largest absolute Gasteiger partial charge is 0.455 e. The molecule has 0 saturated heterocycles. The van der Waals surface area contributed by atoms with E-state index in [4.69, 9.17) is 4.42 Å². The van der Waals surface area contributed by atoms with Crippen LogP contribution in [0.5, 0.6) is 0 Å². The molecule has 1 heterocycles. The highest BCUT2D eigenvalue weighted by molar-refractivity contribution is 6.16. The maximum absolute atomic E-state index is 6.54. The van der Waals surface area contributed by atoms with Crippen molar-refractivity contribution < 1.29 is 4.42 Å². The van der Waals surface area contributed by atoms with Gasteiger partial charge in [-0.2, -0.15) is 0 Å². The molecule has 2 heteroatoms. The Bertz CT molecular complexity index is 3120. The third-order valence-corrected chi connectivity index (χ3v) is 11.9. The van der Waals surface area contributed by atoms with E-state index in [0.717, 1.165) is 49.8 Å². The van der Waals surface area contributed by atoms with Gasteiger partial charge in [0.05, 0.1) is 11.4 Å². The zero-order valence-electron chi connectivity index (χ0n) is 30.8. The first-order valence-corrected chi connectivity index (χ1v) is 19.1. The molecule has 0 radical (unpaired) electrons. The van der Waals surface area contributed by atoms with Gasteiger partial charge >= 0.3 is 0 Å². The fraction of sp³-hybridized carbons (Fsp3) is 0.0566. The van der Waals surface area contributed by atoms with E-state index in [1.165, 1.54) is 55.2 Å². The van der Waals surface area contributed by atoms with E-state index >= 15 is 0 Å². The Morgan fingerprint density at radius 1 is 0.418 bits per heavy atom. The fourth-order valence-corrected chi connectivity index (χ4v) is 9.18. The Hall–Kier alpha value is -6.90. The standard InChI is InChI=1S/C53H37NO/c1-53(2)46-21-9-7-19-44(46)51-47(53)22-12-24-49(51)54(38-29-25-36(26-30-38)40-20-11-15-34-13-3-5-16-39(34)40)48-23-10-8-17-41(48)37-28-32-50-45(33-37)43-31-27-35-14-4-6-18-42(35)52(43)55-50/h3-33H,1-2H3. The Kier molecular flexibility index (Phi) is 6.93. The molecule has 1 aliphatic rings. The van der Waals surface area contributed by atoms with Gasteiger partial charge in [0.25, 0.3) is 0 Å². The van der Waals surface area contributed by atoms with E-state index in [1.807, 2.05) is 0 Å². The molecule has 10 aromatic rings. The molecule has 0 spiro atoms. The minimum atomic E-state index is -0.122. The lowest BCUT2D eigenvalue weighted by Gasteiger charge is -2.30. The normalized spacial score (nSPS) is 13.1. The summed E-state index contributed by atoms with van der Waals surface area (Å²) >= 11 is 0. The Labute approximate surface area is 320 Å². The zero-order valence-corrected chi connectivity index (χ0v) is 30.8. The van der Waals surface area contributed by atoms with E-state index in [9.17, 15) is 0 Å². The molecule has 11 rings (SSSR count). The monoisotopic (exact) mass is 703 g/mol. The summed E-state index contributed by atoms with van der Waals surface area (Å²) in [5, 5.41) is 7.08. The van der Waals surface area contributed by atoms with Crippen LogP contribution >= 0.6 is 0 Å². The van der Waals surface area contributed by atoms with Crippen molar-refractivity contribution in [3.05, 3.63) is 199 Å². The van der Waals surface area contributed by atoms with Crippen LogP contribution in [0.2, 0.25) is 0 Å². The SMILES string of the molecule is CC1(C)c2ccccc2-c2c(N(c3ccc(-c4cccc5ccccc45)cc3)c3ccccc3-c3ccc4oc5c6ccccc6ccc5c4c3)cccc21. The molecule has 2 nitrogen and oxygen atoms in total. The van der Waals surface area contributed by atoms with Crippen LogP contribution in [-0.2, 0) is 5.41 Å². The second-order valence-corrected chi connectivity index (χ2v) is 15.3. The van der Waals surface area contributed by atoms with Crippen molar-refractivity contribution in [2.45, 2.75) is 19.3 Å². The Morgan fingerprint density at radius 3 is 1.89 bits per heavy atom. The molecule has 260 valence electrons. The van der Waals surface area contributed by atoms with Crippen LogP contribution in [0, 0.1) is 0 Å². The van der Waals surface area contributed by atoms with Gasteiger partial charge in [-0.1, -0.05) is 159 Å². The number of furan rings is 1. The van der Waals surface area contributed by atoms with Crippen molar-refractivity contribution in [1.82, 2.24) is 0 Å². The molecule has 0 fully saturated rings. The van der Waals surface area contributed by atoms with Crippen molar-refractivity contribution in [3.8, 4) is 33.4 Å². The average Bonchev–Trinajstić information content (AvgIpc) is 3.73. The molecule has 0 unspecified atom stereocenters. The van der Waals surface area contributed by atoms with Gasteiger partial charge in [-0.15, -0.1) is 0 Å². The van der Waals surface area contributed by atoms with Gasteiger partial charge in [-0.25, -0.2) is 0 Å². The molecule has 0 N–H and O–H groups in total. The zero-order chi connectivity index (χ0) is 36.7. The van der Waals surface area contributed by atoms with Gasteiger partial charge in [0, 0.05) is 38.4 Å². The summed E-state index contributed by atoms with van der Waals surface area (Å²) in [5.74, 6) is 0. The second-order valence-electron chi connectivity index (χ2n) is 15.3. The molecular weight excluding hydrogens is 667 g/mol. The van der Waals surface area contributed by atoms with Crippen LogP contribution in [0.3, 0.4) is 0 Å². The molecule has 0 saturated carbocycles. The van der Waals surface area contributed by atoms with Crippen molar-refractivity contribution >= 4 is 60.5 Å². The molecule has 1 aromatic heterocycles. The highest BCUT2D eigenvalue weighted by Crippen LogP contribution is 2.55. The third kappa shape index (κ3) is 4.81. The van der Waals surface area contributed by atoms with Crippen molar-refractivity contribution in [3.63, 3.8) is 0 Å². The Morgan fingerprint density at radius 2 is 1.04 bits per heavy atom. The maximum Gasteiger partial charge on any atom is 0.143 e. The van der Waals surface area contributed by atoms with Crippen LogP contribution in [-0.4, -0.2) is 0 Å². The first-order chi connectivity index (χ1) is 27.0. The number of anilines is 3. The minimum absolute atomic E-state index is 0.122. The molecule has 55 heavy (non-hydrogen) atoms. The third-order valence-electron chi connectivity index (χ3n) is 11.9.